The molecule has 1 aliphatic rings. The molecule has 2 rings (SSSR count). The molecule has 1 saturated heterocycles. The van der Waals surface area contributed by atoms with Crippen LogP contribution in [0.5, 0.6) is 0 Å². The standard InChI is InChI=1S/C17H21NO6/c1-9-7-5-6-8-10(9)13-11(15(19)22-2)12(16(20)23-3)14(18-13)17(21)24-4/h5-8,11-14,18H,1-4H3/t11-,12+,13-,14-/m1/s1. The van der Waals surface area contributed by atoms with Gasteiger partial charge in [-0.2, -0.15) is 0 Å². The quantitative estimate of drug-likeness (QED) is 0.641. The number of nitrogens with one attached hydrogen (secondary N) is 1. The van der Waals surface area contributed by atoms with Crippen molar-refractivity contribution in [1.29, 1.82) is 0 Å². The summed E-state index contributed by atoms with van der Waals surface area (Å²) in [7, 11) is 3.69. The first kappa shape index (κ1) is 17.9. The lowest BCUT2D eigenvalue weighted by atomic mass is 9.83. The van der Waals surface area contributed by atoms with Crippen molar-refractivity contribution in [2.24, 2.45) is 11.8 Å². The number of hydrogen-bond donors (Lipinski definition) is 1. The summed E-state index contributed by atoms with van der Waals surface area (Å²) >= 11 is 0. The van der Waals surface area contributed by atoms with Crippen molar-refractivity contribution in [2.75, 3.05) is 21.3 Å². The summed E-state index contributed by atoms with van der Waals surface area (Å²) in [5.74, 6) is -3.80. The molecule has 1 aromatic carbocycles. The van der Waals surface area contributed by atoms with Gasteiger partial charge in [-0.3, -0.25) is 19.7 Å². The van der Waals surface area contributed by atoms with Gasteiger partial charge in [0.15, 0.2) is 0 Å². The van der Waals surface area contributed by atoms with Crippen LogP contribution < -0.4 is 5.32 Å². The third-order valence-electron chi connectivity index (χ3n) is 4.39. The van der Waals surface area contributed by atoms with Crippen LogP contribution in [0.15, 0.2) is 24.3 Å². The van der Waals surface area contributed by atoms with E-state index < -0.39 is 41.8 Å². The number of carbonyl (C=O) groups excluding carboxylic acids is 3. The fourth-order valence-corrected chi connectivity index (χ4v) is 3.21. The molecular formula is C17H21NO6. The molecule has 4 atom stereocenters. The maximum Gasteiger partial charge on any atom is 0.323 e. The Balaban J connectivity index is 2.53. The molecule has 1 aromatic rings. The van der Waals surface area contributed by atoms with E-state index in [0.29, 0.717) is 0 Å². The van der Waals surface area contributed by atoms with E-state index in [1.54, 1.807) is 0 Å². The Morgan fingerprint density at radius 2 is 1.42 bits per heavy atom. The summed E-state index contributed by atoms with van der Waals surface area (Å²) in [6.45, 7) is 1.89. The minimum absolute atomic E-state index is 0.563. The van der Waals surface area contributed by atoms with Crippen molar-refractivity contribution in [2.45, 2.75) is 19.0 Å². The minimum Gasteiger partial charge on any atom is -0.469 e. The lowest BCUT2D eigenvalue weighted by molar-refractivity contribution is -0.159. The Morgan fingerprint density at radius 3 is 1.96 bits per heavy atom. The molecule has 1 fully saturated rings. The fourth-order valence-electron chi connectivity index (χ4n) is 3.21. The van der Waals surface area contributed by atoms with E-state index in [-0.39, 0.29) is 0 Å². The number of aryl methyl sites for hydroxylation is 1. The average molecular weight is 335 g/mol. The van der Waals surface area contributed by atoms with Crippen molar-refractivity contribution in [3.8, 4) is 0 Å². The zero-order valence-corrected chi connectivity index (χ0v) is 14.1. The van der Waals surface area contributed by atoms with E-state index >= 15 is 0 Å². The van der Waals surface area contributed by atoms with Crippen LogP contribution in [0.25, 0.3) is 0 Å². The number of ether oxygens (including phenoxy) is 3. The molecule has 7 nitrogen and oxygen atoms in total. The van der Waals surface area contributed by atoms with Crippen LogP contribution in [-0.4, -0.2) is 45.3 Å². The topological polar surface area (TPSA) is 90.9 Å². The molecule has 7 heteroatoms. The van der Waals surface area contributed by atoms with Crippen LogP contribution in [0.3, 0.4) is 0 Å². The molecule has 1 N–H and O–H groups in total. The first-order chi connectivity index (χ1) is 11.5. The number of methoxy groups -OCH3 is 3. The summed E-state index contributed by atoms with van der Waals surface area (Å²) in [5, 5.41) is 3.05. The average Bonchev–Trinajstić information content (AvgIpc) is 3.00. The normalized spacial score (nSPS) is 25.8. The molecule has 0 amide bonds. The van der Waals surface area contributed by atoms with Gasteiger partial charge < -0.3 is 14.2 Å². The Morgan fingerprint density at radius 1 is 0.875 bits per heavy atom. The van der Waals surface area contributed by atoms with E-state index in [2.05, 4.69) is 5.32 Å². The SMILES string of the molecule is COC(=O)[C@@H]1[C@H](C(=O)OC)[C@H](C(=O)OC)N[C@@H]1c1ccccc1C. The van der Waals surface area contributed by atoms with Crippen LogP contribution in [0.2, 0.25) is 0 Å². The van der Waals surface area contributed by atoms with Crippen molar-refractivity contribution < 1.29 is 28.6 Å². The number of carbonyl (C=O) groups is 3. The summed E-state index contributed by atoms with van der Waals surface area (Å²) in [6, 6.07) is 5.89. The molecular weight excluding hydrogens is 314 g/mol. The highest BCUT2D eigenvalue weighted by Crippen LogP contribution is 2.40. The summed E-state index contributed by atoms with van der Waals surface area (Å²) in [5.41, 5.74) is 1.74. The van der Waals surface area contributed by atoms with Gasteiger partial charge >= 0.3 is 17.9 Å². The zero-order chi connectivity index (χ0) is 17.9. The second kappa shape index (κ2) is 7.44. The van der Waals surface area contributed by atoms with Gasteiger partial charge in [0.1, 0.15) is 6.04 Å². The predicted octanol–water partition coefficient (Wildman–Crippen LogP) is 0.759. The van der Waals surface area contributed by atoms with Gasteiger partial charge in [-0.05, 0) is 18.1 Å². The van der Waals surface area contributed by atoms with Gasteiger partial charge in [0.05, 0.1) is 33.2 Å². The molecule has 130 valence electrons. The first-order valence-corrected chi connectivity index (χ1v) is 7.51. The first-order valence-electron chi connectivity index (χ1n) is 7.51. The van der Waals surface area contributed by atoms with Crippen molar-refractivity contribution >= 4 is 17.9 Å². The maximum atomic E-state index is 12.4. The molecule has 0 saturated carbocycles. The van der Waals surface area contributed by atoms with Gasteiger partial charge in [-0.1, -0.05) is 24.3 Å². The molecule has 0 unspecified atom stereocenters. The molecule has 24 heavy (non-hydrogen) atoms. The van der Waals surface area contributed by atoms with E-state index in [1.807, 2.05) is 31.2 Å². The Labute approximate surface area is 140 Å². The molecule has 1 heterocycles. The summed E-state index contributed by atoms with van der Waals surface area (Å²) in [6.07, 6.45) is 0. The highest BCUT2D eigenvalue weighted by atomic mass is 16.5. The van der Waals surface area contributed by atoms with Crippen LogP contribution in [0, 0.1) is 18.8 Å². The number of hydrogen-bond acceptors (Lipinski definition) is 7. The number of rotatable bonds is 4. The minimum atomic E-state index is -1.03. The number of benzene rings is 1. The van der Waals surface area contributed by atoms with Gasteiger partial charge in [0.25, 0.3) is 0 Å². The number of esters is 3. The highest BCUT2D eigenvalue weighted by Gasteiger charge is 2.55. The molecule has 0 radical (unpaired) electrons. The summed E-state index contributed by atoms with van der Waals surface area (Å²) in [4.78, 5) is 36.8. The molecule has 0 aromatic heterocycles. The van der Waals surface area contributed by atoms with Crippen LogP contribution in [-0.2, 0) is 28.6 Å². The van der Waals surface area contributed by atoms with Crippen molar-refractivity contribution in [3.63, 3.8) is 0 Å². The van der Waals surface area contributed by atoms with Gasteiger partial charge in [0, 0.05) is 6.04 Å². The molecule has 0 spiro atoms. The van der Waals surface area contributed by atoms with Crippen LogP contribution in [0.1, 0.15) is 17.2 Å². The lowest BCUT2D eigenvalue weighted by Crippen LogP contribution is -2.42. The second-order valence-electron chi connectivity index (χ2n) is 5.60. The predicted molar refractivity (Wildman–Crippen MR) is 83.9 cm³/mol. The van der Waals surface area contributed by atoms with E-state index in [9.17, 15) is 14.4 Å². The third-order valence-corrected chi connectivity index (χ3v) is 4.39. The Hall–Kier alpha value is -2.41. The maximum absolute atomic E-state index is 12.4. The largest absolute Gasteiger partial charge is 0.469 e. The second-order valence-corrected chi connectivity index (χ2v) is 5.60. The van der Waals surface area contributed by atoms with E-state index in [0.717, 1.165) is 11.1 Å². The van der Waals surface area contributed by atoms with Gasteiger partial charge in [-0.15, -0.1) is 0 Å². The Kier molecular flexibility index (Phi) is 5.56. The molecule has 0 aliphatic carbocycles. The van der Waals surface area contributed by atoms with E-state index in [1.165, 1.54) is 21.3 Å². The smallest absolute Gasteiger partial charge is 0.323 e. The third kappa shape index (κ3) is 3.12. The van der Waals surface area contributed by atoms with Crippen LogP contribution in [0.4, 0.5) is 0 Å². The Bertz CT molecular complexity index is 644. The summed E-state index contributed by atoms with van der Waals surface area (Å²) < 4.78 is 14.5. The fraction of sp³-hybridized carbons (Fsp3) is 0.471. The van der Waals surface area contributed by atoms with Crippen LogP contribution >= 0.6 is 0 Å². The lowest BCUT2D eigenvalue weighted by Gasteiger charge is -2.22. The van der Waals surface area contributed by atoms with Crippen molar-refractivity contribution in [3.05, 3.63) is 35.4 Å². The monoisotopic (exact) mass is 335 g/mol. The highest BCUT2D eigenvalue weighted by molar-refractivity contribution is 5.91. The van der Waals surface area contributed by atoms with Gasteiger partial charge in [-0.25, -0.2) is 0 Å². The molecule has 0 bridgehead atoms. The van der Waals surface area contributed by atoms with Crippen molar-refractivity contribution in [1.82, 2.24) is 5.32 Å². The zero-order valence-electron chi connectivity index (χ0n) is 14.1. The molecule has 1 aliphatic heterocycles. The van der Waals surface area contributed by atoms with Gasteiger partial charge in [0.2, 0.25) is 0 Å². The van der Waals surface area contributed by atoms with E-state index in [4.69, 9.17) is 14.2 Å².